The third-order valence-corrected chi connectivity index (χ3v) is 2.94. The standard InChI is InChI=1S/C11H16N2.C2H6S/c1-8-9-6-11(2,3)5-4-10(9)13-7-12-8;1-2-3/h7H,4-6H2,1-3H3;3H,2H2,1H3. The summed E-state index contributed by atoms with van der Waals surface area (Å²) in [6.45, 7) is 8.72. The zero-order chi connectivity index (χ0) is 12.2. The lowest BCUT2D eigenvalue weighted by Crippen LogP contribution is -2.24. The molecule has 0 saturated heterocycles. The molecule has 0 spiro atoms. The fourth-order valence-electron chi connectivity index (χ4n) is 2.02. The summed E-state index contributed by atoms with van der Waals surface area (Å²) < 4.78 is 0. The predicted molar refractivity (Wildman–Crippen MR) is 72.1 cm³/mol. The second-order valence-electron chi connectivity index (χ2n) is 5.04. The van der Waals surface area contributed by atoms with Gasteiger partial charge in [-0.3, -0.25) is 0 Å². The summed E-state index contributed by atoms with van der Waals surface area (Å²) in [6, 6.07) is 0. The lowest BCUT2D eigenvalue weighted by atomic mass is 9.75. The summed E-state index contributed by atoms with van der Waals surface area (Å²) in [6.07, 6.45) is 5.18. The molecule has 0 bridgehead atoms. The lowest BCUT2D eigenvalue weighted by Gasteiger charge is -2.30. The maximum atomic E-state index is 4.33. The minimum Gasteiger partial charge on any atom is -0.241 e. The van der Waals surface area contributed by atoms with Crippen molar-refractivity contribution < 1.29 is 0 Å². The predicted octanol–water partition coefficient (Wildman–Crippen LogP) is 3.24. The van der Waals surface area contributed by atoms with Crippen molar-refractivity contribution in [3.63, 3.8) is 0 Å². The van der Waals surface area contributed by atoms with E-state index in [1.165, 1.54) is 17.7 Å². The number of fused-ring (bicyclic) bond motifs is 1. The zero-order valence-electron chi connectivity index (χ0n) is 10.7. The lowest BCUT2D eigenvalue weighted by molar-refractivity contribution is 0.310. The molecule has 90 valence electrons. The van der Waals surface area contributed by atoms with E-state index in [-0.39, 0.29) is 0 Å². The van der Waals surface area contributed by atoms with Crippen molar-refractivity contribution in [2.24, 2.45) is 5.41 Å². The van der Waals surface area contributed by atoms with Gasteiger partial charge in [-0.1, -0.05) is 20.8 Å². The van der Waals surface area contributed by atoms with Crippen LogP contribution in [-0.2, 0) is 12.8 Å². The molecule has 1 heterocycles. The van der Waals surface area contributed by atoms with E-state index < -0.39 is 0 Å². The van der Waals surface area contributed by atoms with Crippen LogP contribution in [0.2, 0.25) is 0 Å². The van der Waals surface area contributed by atoms with Crippen molar-refractivity contribution in [3.8, 4) is 0 Å². The highest BCUT2D eigenvalue weighted by molar-refractivity contribution is 7.80. The Balaban J connectivity index is 0.000000386. The van der Waals surface area contributed by atoms with E-state index in [2.05, 4.69) is 43.4 Å². The SMILES string of the molecule is CCS.Cc1ncnc2c1CC(C)(C)CC2. The Bertz CT molecular complexity index is 348. The molecule has 2 nitrogen and oxygen atoms in total. The molecule has 1 aromatic heterocycles. The molecular weight excluding hydrogens is 216 g/mol. The third-order valence-electron chi connectivity index (χ3n) is 2.94. The Morgan fingerprint density at radius 1 is 1.38 bits per heavy atom. The van der Waals surface area contributed by atoms with Gasteiger partial charge in [-0.05, 0) is 42.9 Å². The van der Waals surface area contributed by atoms with Crippen molar-refractivity contribution in [1.82, 2.24) is 9.97 Å². The van der Waals surface area contributed by atoms with Gasteiger partial charge in [0.1, 0.15) is 6.33 Å². The van der Waals surface area contributed by atoms with Gasteiger partial charge in [0.25, 0.3) is 0 Å². The number of hydrogen-bond acceptors (Lipinski definition) is 3. The first kappa shape index (κ1) is 13.5. The van der Waals surface area contributed by atoms with Crippen molar-refractivity contribution in [2.45, 2.75) is 47.0 Å². The van der Waals surface area contributed by atoms with Crippen LogP contribution < -0.4 is 0 Å². The molecule has 0 aromatic carbocycles. The minimum atomic E-state index is 0.433. The van der Waals surface area contributed by atoms with Crippen LogP contribution in [0.1, 0.15) is 44.1 Å². The van der Waals surface area contributed by atoms with E-state index in [4.69, 9.17) is 0 Å². The van der Waals surface area contributed by atoms with Gasteiger partial charge in [-0.25, -0.2) is 9.97 Å². The van der Waals surface area contributed by atoms with Crippen LogP contribution in [0.15, 0.2) is 6.33 Å². The van der Waals surface area contributed by atoms with Crippen LogP contribution in [0, 0.1) is 12.3 Å². The highest BCUT2D eigenvalue weighted by atomic mass is 32.1. The summed E-state index contributed by atoms with van der Waals surface area (Å²) in [7, 11) is 0. The van der Waals surface area contributed by atoms with Gasteiger partial charge in [0.05, 0.1) is 0 Å². The van der Waals surface area contributed by atoms with Gasteiger partial charge in [0, 0.05) is 11.4 Å². The smallest absolute Gasteiger partial charge is 0.115 e. The second kappa shape index (κ2) is 5.67. The zero-order valence-corrected chi connectivity index (χ0v) is 11.6. The molecule has 0 N–H and O–H groups in total. The molecule has 16 heavy (non-hydrogen) atoms. The first-order valence-electron chi connectivity index (χ1n) is 5.90. The molecule has 0 amide bonds. The third kappa shape index (κ3) is 3.48. The van der Waals surface area contributed by atoms with E-state index in [0.29, 0.717) is 5.41 Å². The van der Waals surface area contributed by atoms with E-state index in [9.17, 15) is 0 Å². The quantitative estimate of drug-likeness (QED) is 0.702. The molecule has 1 aliphatic rings. The Morgan fingerprint density at radius 3 is 2.62 bits per heavy atom. The Labute approximate surface area is 104 Å². The summed E-state index contributed by atoms with van der Waals surface area (Å²) >= 11 is 3.79. The number of aromatic nitrogens is 2. The minimum absolute atomic E-state index is 0.433. The van der Waals surface area contributed by atoms with E-state index in [1.54, 1.807) is 6.33 Å². The van der Waals surface area contributed by atoms with Crippen molar-refractivity contribution in [3.05, 3.63) is 23.3 Å². The van der Waals surface area contributed by atoms with Crippen molar-refractivity contribution in [2.75, 3.05) is 5.75 Å². The molecule has 0 fully saturated rings. The molecule has 0 unspecified atom stereocenters. The largest absolute Gasteiger partial charge is 0.241 e. The normalized spacial score (nSPS) is 17.1. The molecule has 0 radical (unpaired) electrons. The molecule has 0 atom stereocenters. The average molecular weight is 238 g/mol. The van der Waals surface area contributed by atoms with Gasteiger partial charge >= 0.3 is 0 Å². The molecular formula is C13H22N2S. The van der Waals surface area contributed by atoms with E-state index in [0.717, 1.165) is 24.3 Å². The van der Waals surface area contributed by atoms with E-state index in [1.807, 2.05) is 6.92 Å². The topological polar surface area (TPSA) is 25.8 Å². The number of nitrogens with zero attached hydrogens (tertiary/aromatic N) is 2. The number of thiol groups is 1. The molecule has 0 aliphatic heterocycles. The molecule has 1 aliphatic carbocycles. The second-order valence-corrected chi connectivity index (χ2v) is 5.67. The van der Waals surface area contributed by atoms with Crippen molar-refractivity contribution in [1.29, 1.82) is 0 Å². The van der Waals surface area contributed by atoms with Crippen LogP contribution in [0.4, 0.5) is 0 Å². The highest BCUT2D eigenvalue weighted by Crippen LogP contribution is 2.34. The highest BCUT2D eigenvalue weighted by Gasteiger charge is 2.27. The Hall–Kier alpha value is -0.570. The van der Waals surface area contributed by atoms with Crippen LogP contribution >= 0.6 is 12.6 Å². The first-order chi connectivity index (χ1) is 7.50. The van der Waals surface area contributed by atoms with Crippen LogP contribution in [0.3, 0.4) is 0 Å². The molecule has 2 rings (SSSR count). The number of hydrogen-bond donors (Lipinski definition) is 1. The maximum absolute atomic E-state index is 4.33. The Morgan fingerprint density at radius 2 is 2.00 bits per heavy atom. The summed E-state index contributed by atoms with van der Waals surface area (Å²) in [5.41, 5.74) is 4.26. The summed E-state index contributed by atoms with van der Waals surface area (Å²) in [5, 5.41) is 0. The first-order valence-corrected chi connectivity index (χ1v) is 6.53. The van der Waals surface area contributed by atoms with Gasteiger partial charge in [-0.2, -0.15) is 12.6 Å². The number of aryl methyl sites for hydroxylation is 2. The van der Waals surface area contributed by atoms with Crippen LogP contribution in [0.5, 0.6) is 0 Å². The summed E-state index contributed by atoms with van der Waals surface area (Å²) in [4.78, 5) is 8.58. The number of rotatable bonds is 0. The van der Waals surface area contributed by atoms with Crippen molar-refractivity contribution >= 4 is 12.6 Å². The van der Waals surface area contributed by atoms with E-state index >= 15 is 0 Å². The maximum Gasteiger partial charge on any atom is 0.115 e. The monoisotopic (exact) mass is 238 g/mol. The summed E-state index contributed by atoms with van der Waals surface area (Å²) in [5.74, 6) is 0.944. The fraction of sp³-hybridized carbons (Fsp3) is 0.692. The van der Waals surface area contributed by atoms with Gasteiger partial charge in [0.2, 0.25) is 0 Å². The molecule has 1 aromatic rings. The van der Waals surface area contributed by atoms with Crippen LogP contribution in [0.25, 0.3) is 0 Å². The van der Waals surface area contributed by atoms with Gasteiger partial charge in [-0.15, -0.1) is 0 Å². The molecule has 3 heteroatoms. The average Bonchev–Trinajstić information content (AvgIpc) is 2.20. The van der Waals surface area contributed by atoms with Crippen LogP contribution in [-0.4, -0.2) is 15.7 Å². The van der Waals surface area contributed by atoms with Gasteiger partial charge < -0.3 is 0 Å². The van der Waals surface area contributed by atoms with Gasteiger partial charge in [0.15, 0.2) is 0 Å². The fourth-order valence-corrected chi connectivity index (χ4v) is 2.02. The molecule has 0 saturated carbocycles. The Kier molecular flexibility index (Phi) is 4.78.